The zero-order valence-electron chi connectivity index (χ0n) is 12.5. The molecule has 22 heavy (non-hydrogen) atoms. The van der Waals surface area contributed by atoms with Crippen molar-refractivity contribution in [1.82, 2.24) is 5.32 Å². The lowest BCUT2D eigenvalue weighted by Gasteiger charge is -2.37. The molecular weight excluding hydrogens is 325 g/mol. The summed E-state index contributed by atoms with van der Waals surface area (Å²) in [6.07, 6.45) is 1.89. The van der Waals surface area contributed by atoms with Crippen LogP contribution in [-0.4, -0.2) is 29.9 Å². The summed E-state index contributed by atoms with van der Waals surface area (Å²) in [4.78, 5) is 11.1. The molecule has 1 saturated carbocycles. The van der Waals surface area contributed by atoms with E-state index in [-0.39, 0.29) is 23.6 Å². The lowest BCUT2D eigenvalue weighted by molar-refractivity contribution is -0.112. The maximum Gasteiger partial charge on any atom is 0.236 e. The fraction of sp³-hybridized carbons (Fsp3) is 0.533. The first-order chi connectivity index (χ1) is 10.5. The van der Waals surface area contributed by atoms with E-state index in [1.54, 1.807) is 6.07 Å². The predicted molar refractivity (Wildman–Crippen MR) is 89.2 cm³/mol. The zero-order chi connectivity index (χ0) is 16.1. The van der Waals surface area contributed by atoms with Crippen molar-refractivity contribution in [2.45, 2.75) is 44.9 Å². The lowest BCUT2D eigenvalue weighted by atomic mass is 9.88. The Morgan fingerprint density at radius 3 is 2.73 bits per heavy atom. The van der Waals surface area contributed by atoms with E-state index < -0.39 is 5.82 Å². The molecule has 0 aromatic heterocycles. The summed E-state index contributed by atoms with van der Waals surface area (Å²) in [5.74, 6) is 0.255. The summed E-state index contributed by atoms with van der Waals surface area (Å²) >= 11 is 3.78. The molecule has 1 aliphatic carbocycles. The van der Waals surface area contributed by atoms with Crippen LogP contribution < -0.4 is 14.8 Å². The standard InChI is InChI=1S/C15H20FNO3S2/c1-9(2)17-11-5-14(6-11)20-13-4-10(16)3-12(7-13)19-8-15(18)22-21/h3-4,7,9,11,14,17,21H,5-6,8H2,1-2H3. The molecule has 1 fully saturated rings. The van der Waals surface area contributed by atoms with Gasteiger partial charge in [0.1, 0.15) is 23.4 Å². The van der Waals surface area contributed by atoms with E-state index in [1.807, 2.05) is 0 Å². The van der Waals surface area contributed by atoms with Gasteiger partial charge in [0.05, 0.1) is 0 Å². The predicted octanol–water partition coefficient (Wildman–Crippen LogP) is 3.22. The van der Waals surface area contributed by atoms with Crippen LogP contribution in [0.2, 0.25) is 0 Å². The number of rotatable bonds is 7. The normalized spacial score (nSPS) is 20.6. The van der Waals surface area contributed by atoms with Gasteiger partial charge in [-0.05, 0) is 23.6 Å². The van der Waals surface area contributed by atoms with Crippen molar-refractivity contribution in [1.29, 1.82) is 0 Å². The van der Waals surface area contributed by atoms with Crippen LogP contribution in [0.5, 0.6) is 11.5 Å². The van der Waals surface area contributed by atoms with Gasteiger partial charge >= 0.3 is 0 Å². The van der Waals surface area contributed by atoms with Crippen molar-refractivity contribution < 1.29 is 18.7 Å². The first-order valence-electron chi connectivity index (χ1n) is 7.16. The van der Waals surface area contributed by atoms with Crippen LogP contribution in [0.3, 0.4) is 0 Å². The molecule has 1 N–H and O–H groups in total. The van der Waals surface area contributed by atoms with Gasteiger partial charge in [-0.2, -0.15) is 0 Å². The van der Waals surface area contributed by atoms with Crippen LogP contribution in [0.1, 0.15) is 26.7 Å². The van der Waals surface area contributed by atoms with E-state index in [9.17, 15) is 9.18 Å². The lowest BCUT2D eigenvalue weighted by Crippen LogP contribution is -2.49. The number of carbonyl (C=O) groups is 1. The van der Waals surface area contributed by atoms with Gasteiger partial charge in [-0.15, -0.1) is 11.7 Å². The molecule has 0 atom stereocenters. The van der Waals surface area contributed by atoms with Crippen LogP contribution >= 0.6 is 22.5 Å². The van der Waals surface area contributed by atoms with Gasteiger partial charge in [-0.1, -0.05) is 13.8 Å². The van der Waals surface area contributed by atoms with Crippen LogP contribution in [-0.2, 0) is 4.79 Å². The topological polar surface area (TPSA) is 47.6 Å². The van der Waals surface area contributed by atoms with Crippen molar-refractivity contribution in [2.24, 2.45) is 0 Å². The molecule has 0 saturated heterocycles. The molecule has 1 aliphatic rings. The molecule has 1 aromatic rings. The number of thiol groups is 1. The van der Waals surface area contributed by atoms with Gasteiger partial charge in [0.25, 0.3) is 0 Å². The number of benzene rings is 1. The second-order valence-corrected chi connectivity index (χ2v) is 6.79. The Balaban J connectivity index is 1.86. The number of hydrogen-bond donors (Lipinski definition) is 2. The Bertz CT molecular complexity index is 522. The van der Waals surface area contributed by atoms with Crippen LogP contribution in [0.25, 0.3) is 0 Å². The maximum atomic E-state index is 13.6. The van der Waals surface area contributed by atoms with Gasteiger partial charge in [-0.25, -0.2) is 4.39 Å². The first kappa shape index (κ1) is 17.4. The van der Waals surface area contributed by atoms with Crippen LogP contribution in [0, 0.1) is 5.82 Å². The minimum absolute atomic E-state index is 0.0838. The molecule has 7 heteroatoms. The zero-order valence-corrected chi connectivity index (χ0v) is 14.3. The number of nitrogens with one attached hydrogen (secondary N) is 1. The van der Waals surface area contributed by atoms with Crippen LogP contribution in [0.4, 0.5) is 4.39 Å². The Morgan fingerprint density at radius 2 is 2.09 bits per heavy atom. The van der Waals surface area contributed by atoms with Crippen molar-refractivity contribution in [3.05, 3.63) is 24.0 Å². The molecule has 0 spiro atoms. The molecule has 122 valence electrons. The number of ether oxygens (including phenoxy) is 2. The summed E-state index contributed by atoms with van der Waals surface area (Å²) in [7, 11) is 0.779. The van der Waals surface area contributed by atoms with Gasteiger partial charge in [0.2, 0.25) is 5.12 Å². The Hall–Kier alpha value is -0.920. The molecule has 1 aromatic carbocycles. The van der Waals surface area contributed by atoms with Crippen LogP contribution in [0.15, 0.2) is 18.2 Å². The average molecular weight is 345 g/mol. The summed E-state index contributed by atoms with van der Waals surface area (Å²) < 4.78 is 24.6. The molecule has 0 unspecified atom stereocenters. The molecule has 4 nitrogen and oxygen atoms in total. The van der Waals surface area contributed by atoms with Crippen molar-refractivity contribution in [2.75, 3.05) is 6.61 Å². The van der Waals surface area contributed by atoms with E-state index in [1.165, 1.54) is 12.1 Å². The molecule has 2 rings (SSSR count). The van der Waals surface area contributed by atoms with E-state index in [0.717, 1.165) is 23.6 Å². The molecule has 0 amide bonds. The molecular formula is C15H20FNO3S2. The second kappa shape index (κ2) is 8.08. The van der Waals surface area contributed by atoms with Gasteiger partial charge < -0.3 is 14.8 Å². The van der Waals surface area contributed by atoms with Crippen molar-refractivity contribution >= 4 is 27.6 Å². The molecule has 0 heterocycles. The SMILES string of the molecule is CC(C)NC1CC(Oc2cc(F)cc(OCC(=O)SS)c2)C1. The van der Waals surface area contributed by atoms with Crippen molar-refractivity contribution in [3.63, 3.8) is 0 Å². The highest BCUT2D eigenvalue weighted by molar-refractivity contribution is 8.74. The number of halogens is 1. The molecule has 0 bridgehead atoms. The summed E-state index contributed by atoms with van der Waals surface area (Å²) in [5, 5.41) is 3.19. The number of hydrogen-bond acceptors (Lipinski definition) is 6. The van der Waals surface area contributed by atoms with E-state index in [0.29, 0.717) is 17.8 Å². The summed E-state index contributed by atoms with van der Waals surface area (Å²) in [5.41, 5.74) is 0. The summed E-state index contributed by atoms with van der Waals surface area (Å²) in [6.45, 7) is 4.06. The third-order valence-electron chi connectivity index (χ3n) is 3.27. The summed E-state index contributed by atoms with van der Waals surface area (Å²) in [6, 6.07) is 5.06. The van der Waals surface area contributed by atoms with E-state index in [4.69, 9.17) is 9.47 Å². The molecule has 0 aliphatic heterocycles. The third kappa shape index (κ3) is 5.37. The van der Waals surface area contributed by atoms with Gasteiger partial charge in [0, 0.05) is 30.3 Å². The quantitative estimate of drug-likeness (QED) is 0.587. The van der Waals surface area contributed by atoms with E-state index in [2.05, 4.69) is 30.8 Å². The second-order valence-electron chi connectivity index (χ2n) is 5.60. The molecule has 0 radical (unpaired) electrons. The average Bonchev–Trinajstić information content (AvgIpc) is 2.41. The number of carbonyl (C=O) groups excluding carboxylic acids is 1. The Morgan fingerprint density at radius 1 is 1.41 bits per heavy atom. The minimum atomic E-state index is -0.449. The fourth-order valence-electron chi connectivity index (χ4n) is 2.32. The highest BCUT2D eigenvalue weighted by atomic mass is 33.1. The Kier molecular flexibility index (Phi) is 6.40. The maximum absolute atomic E-state index is 13.6. The largest absolute Gasteiger partial charge is 0.490 e. The van der Waals surface area contributed by atoms with Gasteiger partial charge in [-0.3, -0.25) is 4.79 Å². The van der Waals surface area contributed by atoms with Crippen molar-refractivity contribution in [3.8, 4) is 11.5 Å². The minimum Gasteiger partial charge on any atom is -0.490 e. The highest BCUT2D eigenvalue weighted by Crippen LogP contribution is 2.29. The Labute approximate surface area is 138 Å². The first-order valence-corrected chi connectivity index (χ1v) is 9.03. The van der Waals surface area contributed by atoms with E-state index >= 15 is 0 Å². The third-order valence-corrected chi connectivity index (χ3v) is 4.20. The van der Waals surface area contributed by atoms with Gasteiger partial charge in [0.15, 0.2) is 6.61 Å². The fourth-order valence-corrected chi connectivity index (χ4v) is 2.59. The highest BCUT2D eigenvalue weighted by Gasteiger charge is 2.31. The monoisotopic (exact) mass is 345 g/mol. The smallest absolute Gasteiger partial charge is 0.236 e.